The lowest BCUT2D eigenvalue weighted by Crippen LogP contribution is -2.30. The summed E-state index contributed by atoms with van der Waals surface area (Å²) in [6.45, 7) is 4.31. The molecule has 1 aromatic heterocycles. The van der Waals surface area contributed by atoms with Gasteiger partial charge in [0, 0.05) is 44.2 Å². The van der Waals surface area contributed by atoms with E-state index in [0.717, 1.165) is 11.9 Å². The molecule has 4 rings (SSSR count). The first-order chi connectivity index (χ1) is 15.4. The van der Waals surface area contributed by atoms with Gasteiger partial charge in [0.15, 0.2) is 5.82 Å². The molecule has 0 saturated heterocycles. The first-order valence-electron chi connectivity index (χ1n) is 10.5. The summed E-state index contributed by atoms with van der Waals surface area (Å²) in [5, 5.41) is 11.6. The van der Waals surface area contributed by atoms with Gasteiger partial charge >= 0.3 is 0 Å². The Kier molecular flexibility index (Phi) is 6.45. The molecule has 1 atom stereocenters. The van der Waals surface area contributed by atoms with Crippen LogP contribution in [0.4, 0.5) is 8.78 Å². The van der Waals surface area contributed by atoms with Gasteiger partial charge in [0.2, 0.25) is 0 Å². The largest absolute Gasteiger partial charge is 0.497 e. The Balaban J connectivity index is 1.42. The summed E-state index contributed by atoms with van der Waals surface area (Å²) in [5.41, 5.74) is 1.10. The minimum Gasteiger partial charge on any atom is -0.497 e. The zero-order valence-electron chi connectivity index (χ0n) is 18.0. The summed E-state index contributed by atoms with van der Waals surface area (Å²) in [5.74, 6) is 0.743. The number of methoxy groups -OCH3 is 1. The van der Waals surface area contributed by atoms with Crippen molar-refractivity contribution in [2.24, 2.45) is 0 Å². The highest BCUT2D eigenvalue weighted by molar-refractivity contribution is 5.94. The highest BCUT2D eigenvalue weighted by Crippen LogP contribution is 2.19. The zero-order valence-corrected chi connectivity index (χ0v) is 18.0. The first kappa shape index (κ1) is 21.9. The molecule has 168 valence electrons. The van der Waals surface area contributed by atoms with Crippen molar-refractivity contribution in [3.05, 3.63) is 76.9 Å². The van der Waals surface area contributed by atoms with Gasteiger partial charge in [0.05, 0.1) is 13.2 Å². The molecular formula is C23H25F2N5O2. The van der Waals surface area contributed by atoms with Crippen LogP contribution in [0.25, 0.3) is 0 Å². The fourth-order valence-electron chi connectivity index (χ4n) is 3.94. The summed E-state index contributed by atoms with van der Waals surface area (Å²) in [6, 6.07) is 10.2. The van der Waals surface area contributed by atoms with Gasteiger partial charge in [-0.2, -0.15) is 0 Å². The average molecular weight is 441 g/mol. The van der Waals surface area contributed by atoms with Crippen LogP contribution >= 0.6 is 0 Å². The number of ether oxygens (including phenoxy) is 1. The monoisotopic (exact) mass is 441 g/mol. The van der Waals surface area contributed by atoms with Gasteiger partial charge in [-0.25, -0.2) is 8.78 Å². The van der Waals surface area contributed by atoms with Crippen LogP contribution in [0.15, 0.2) is 42.5 Å². The van der Waals surface area contributed by atoms with Gasteiger partial charge in [0.25, 0.3) is 5.91 Å². The van der Waals surface area contributed by atoms with Crippen LogP contribution in [0.2, 0.25) is 0 Å². The van der Waals surface area contributed by atoms with Crippen molar-refractivity contribution in [3.8, 4) is 5.75 Å². The van der Waals surface area contributed by atoms with Crippen LogP contribution in [-0.4, -0.2) is 45.8 Å². The normalized spacial score (nSPS) is 15.0. The second kappa shape index (κ2) is 9.44. The number of nitrogens with zero attached hydrogens (tertiary/aromatic N) is 4. The molecule has 2 heterocycles. The molecule has 0 saturated carbocycles. The van der Waals surface area contributed by atoms with Crippen molar-refractivity contribution in [3.63, 3.8) is 0 Å². The molecule has 0 spiro atoms. The number of hydrogen-bond donors (Lipinski definition) is 1. The van der Waals surface area contributed by atoms with Gasteiger partial charge in [-0.05, 0) is 42.8 Å². The Bertz CT molecular complexity index is 1100. The van der Waals surface area contributed by atoms with Crippen LogP contribution in [-0.2, 0) is 19.5 Å². The van der Waals surface area contributed by atoms with Gasteiger partial charge in [-0.3, -0.25) is 9.69 Å². The van der Waals surface area contributed by atoms with Crippen molar-refractivity contribution < 1.29 is 18.3 Å². The van der Waals surface area contributed by atoms with E-state index >= 15 is 0 Å². The Hall–Kier alpha value is -3.33. The van der Waals surface area contributed by atoms with Crippen LogP contribution < -0.4 is 10.1 Å². The van der Waals surface area contributed by atoms with E-state index < -0.39 is 11.6 Å². The standard InChI is InChI=1S/C23H25F2N5O2/c1-15(26-23(31)17-4-3-5-20(12-17)32-2)22-28-27-21-6-7-29(8-9-30(21)22)14-16-10-18(24)13-19(25)11-16/h3-5,10-13,15H,6-9,14H2,1-2H3,(H,26,31)/t15-/m0/s1. The maximum absolute atomic E-state index is 13.5. The number of halogens is 2. The molecule has 7 nitrogen and oxygen atoms in total. The Morgan fingerprint density at radius 2 is 1.91 bits per heavy atom. The number of rotatable bonds is 6. The van der Waals surface area contributed by atoms with E-state index in [1.165, 1.54) is 12.1 Å². The zero-order chi connectivity index (χ0) is 22.7. The maximum Gasteiger partial charge on any atom is 0.251 e. The lowest BCUT2D eigenvalue weighted by Gasteiger charge is -2.20. The van der Waals surface area contributed by atoms with Gasteiger partial charge in [-0.1, -0.05) is 6.07 Å². The molecule has 1 amide bonds. The minimum atomic E-state index is -0.574. The van der Waals surface area contributed by atoms with Crippen LogP contribution in [0.1, 0.15) is 40.5 Å². The van der Waals surface area contributed by atoms with Crippen molar-refractivity contribution in [2.75, 3.05) is 20.2 Å². The number of carbonyl (C=O) groups is 1. The number of nitrogens with one attached hydrogen (secondary N) is 1. The third kappa shape index (κ3) is 4.94. The summed E-state index contributed by atoms with van der Waals surface area (Å²) >= 11 is 0. The topological polar surface area (TPSA) is 72.3 Å². The molecule has 3 aromatic rings. The number of benzene rings is 2. The van der Waals surface area contributed by atoms with E-state index in [-0.39, 0.29) is 11.9 Å². The molecule has 1 aliphatic heterocycles. The lowest BCUT2D eigenvalue weighted by atomic mass is 10.2. The molecule has 1 aliphatic rings. The third-order valence-electron chi connectivity index (χ3n) is 5.54. The van der Waals surface area contributed by atoms with Crippen molar-refractivity contribution in [2.45, 2.75) is 32.5 Å². The predicted molar refractivity (Wildman–Crippen MR) is 114 cm³/mol. The van der Waals surface area contributed by atoms with Gasteiger partial charge in [0.1, 0.15) is 23.2 Å². The summed E-state index contributed by atoms with van der Waals surface area (Å²) < 4.78 is 34.2. The van der Waals surface area contributed by atoms with Crippen LogP contribution in [0.3, 0.4) is 0 Å². The highest BCUT2D eigenvalue weighted by atomic mass is 19.1. The van der Waals surface area contributed by atoms with Gasteiger partial charge in [-0.15, -0.1) is 10.2 Å². The second-order valence-electron chi connectivity index (χ2n) is 7.86. The second-order valence-corrected chi connectivity index (χ2v) is 7.86. The molecular weight excluding hydrogens is 416 g/mol. The van der Waals surface area contributed by atoms with Crippen molar-refractivity contribution in [1.82, 2.24) is 25.0 Å². The van der Waals surface area contributed by atoms with Crippen LogP contribution in [0, 0.1) is 11.6 Å². The SMILES string of the molecule is COc1cccc(C(=O)N[C@@H](C)c2nnc3n2CCN(Cc2cc(F)cc(F)c2)CC3)c1. The van der Waals surface area contributed by atoms with Crippen molar-refractivity contribution >= 4 is 5.91 Å². The third-order valence-corrected chi connectivity index (χ3v) is 5.54. The summed E-state index contributed by atoms with van der Waals surface area (Å²) in [7, 11) is 1.55. The Morgan fingerprint density at radius 1 is 1.12 bits per heavy atom. The molecule has 9 heteroatoms. The average Bonchev–Trinajstić information content (AvgIpc) is 3.08. The minimum absolute atomic E-state index is 0.225. The van der Waals surface area contributed by atoms with E-state index in [1.807, 2.05) is 11.5 Å². The van der Waals surface area contributed by atoms with E-state index in [4.69, 9.17) is 4.74 Å². The number of hydrogen-bond acceptors (Lipinski definition) is 5. The van der Waals surface area contributed by atoms with Crippen LogP contribution in [0.5, 0.6) is 5.75 Å². The smallest absolute Gasteiger partial charge is 0.251 e. The van der Waals surface area contributed by atoms with E-state index in [9.17, 15) is 13.6 Å². The molecule has 0 bridgehead atoms. The number of aromatic nitrogens is 3. The number of carbonyl (C=O) groups excluding carboxylic acids is 1. The quantitative estimate of drug-likeness (QED) is 0.637. The molecule has 0 radical (unpaired) electrons. The highest BCUT2D eigenvalue weighted by Gasteiger charge is 2.23. The Morgan fingerprint density at radius 3 is 2.66 bits per heavy atom. The van der Waals surface area contributed by atoms with E-state index in [0.29, 0.717) is 55.3 Å². The molecule has 32 heavy (non-hydrogen) atoms. The van der Waals surface area contributed by atoms with E-state index in [2.05, 4.69) is 20.4 Å². The summed E-state index contributed by atoms with van der Waals surface area (Å²) in [4.78, 5) is 14.8. The lowest BCUT2D eigenvalue weighted by molar-refractivity contribution is 0.0937. The molecule has 1 N–H and O–H groups in total. The fourth-order valence-corrected chi connectivity index (χ4v) is 3.94. The summed E-state index contributed by atoms with van der Waals surface area (Å²) in [6.07, 6.45) is 0.654. The molecule has 0 aliphatic carbocycles. The molecule has 0 fully saturated rings. The molecule has 0 unspecified atom stereocenters. The van der Waals surface area contributed by atoms with Crippen molar-refractivity contribution in [1.29, 1.82) is 0 Å². The molecule has 2 aromatic carbocycles. The number of amides is 1. The fraction of sp³-hybridized carbons (Fsp3) is 0.348. The Labute approximate surface area is 185 Å². The number of fused-ring (bicyclic) bond motifs is 1. The predicted octanol–water partition coefficient (Wildman–Crippen LogP) is 3.11. The first-order valence-corrected chi connectivity index (χ1v) is 10.5. The van der Waals surface area contributed by atoms with E-state index in [1.54, 1.807) is 31.4 Å². The van der Waals surface area contributed by atoms with Gasteiger partial charge < -0.3 is 14.6 Å². The maximum atomic E-state index is 13.5.